The van der Waals surface area contributed by atoms with E-state index >= 15 is 0 Å². The monoisotopic (exact) mass is 213 g/mol. The first kappa shape index (κ1) is 9.62. The van der Waals surface area contributed by atoms with Gasteiger partial charge in [-0.15, -0.1) is 0 Å². The highest BCUT2D eigenvalue weighted by Gasteiger charge is 2.21. The molecule has 0 amide bonds. The lowest BCUT2D eigenvalue weighted by Crippen LogP contribution is -2.05. The maximum absolute atomic E-state index is 6.18. The van der Waals surface area contributed by atoms with Crippen molar-refractivity contribution in [3.8, 4) is 11.5 Å². The van der Waals surface area contributed by atoms with Gasteiger partial charge in [-0.3, -0.25) is 0 Å². The molecule has 0 fully saturated rings. The number of benzene rings is 1. The topological polar surface area (TPSA) is 44.5 Å². The minimum atomic E-state index is 0.251. The molecule has 0 saturated carbocycles. The van der Waals surface area contributed by atoms with Crippen LogP contribution in [-0.4, -0.2) is 13.3 Å². The van der Waals surface area contributed by atoms with Crippen molar-refractivity contribution in [3.63, 3.8) is 0 Å². The molecule has 0 unspecified atom stereocenters. The molecule has 2 N–H and O–H groups in total. The summed E-state index contributed by atoms with van der Waals surface area (Å²) in [5, 5.41) is 0.642. The highest BCUT2D eigenvalue weighted by molar-refractivity contribution is 6.33. The molecule has 0 aromatic heterocycles. The van der Waals surface area contributed by atoms with Crippen LogP contribution in [0.2, 0.25) is 5.02 Å². The summed E-state index contributed by atoms with van der Waals surface area (Å²) in [6.07, 6.45) is 0.765. The number of ether oxygens (including phenoxy) is 2. The third-order valence-electron chi connectivity index (χ3n) is 2.32. The van der Waals surface area contributed by atoms with Gasteiger partial charge in [-0.1, -0.05) is 11.6 Å². The van der Waals surface area contributed by atoms with Crippen molar-refractivity contribution < 1.29 is 9.47 Å². The second kappa shape index (κ2) is 3.67. The Labute approximate surface area is 87.8 Å². The molecule has 0 aliphatic carbocycles. The molecule has 76 valence electrons. The van der Waals surface area contributed by atoms with Gasteiger partial charge in [-0.2, -0.15) is 0 Å². The Morgan fingerprint density at radius 2 is 2.29 bits per heavy atom. The molecule has 0 atom stereocenters. The van der Waals surface area contributed by atoms with Crippen LogP contribution in [-0.2, 0) is 6.42 Å². The van der Waals surface area contributed by atoms with Gasteiger partial charge in [0.05, 0.1) is 5.02 Å². The van der Waals surface area contributed by atoms with Crippen LogP contribution in [0.3, 0.4) is 0 Å². The first-order valence-electron chi connectivity index (χ1n) is 4.51. The fourth-order valence-corrected chi connectivity index (χ4v) is 2.00. The van der Waals surface area contributed by atoms with E-state index in [-0.39, 0.29) is 6.79 Å². The summed E-state index contributed by atoms with van der Waals surface area (Å²) >= 11 is 6.18. The highest BCUT2D eigenvalue weighted by Crippen LogP contribution is 2.42. The molecule has 1 aliphatic heterocycles. The number of fused-ring (bicyclic) bond motifs is 1. The Morgan fingerprint density at radius 1 is 1.50 bits per heavy atom. The lowest BCUT2D eigenvalue weighted by atomic mass is 10.0. The van der Waals surface area contributed by atoms with Crippen molar-refractivity contribution in [2.24, 2.45) is 5.73 Å². The van der Waals surface area contributed by atoms with Crippen molar-refractivity contribution in [3.05, 3.63) is 22.2 Å². The first-order chi connectivity index (χ1) is 6.74. The summed E-state index contributed by atoms with van der Waals surface area (Å²) < 4.78 is 10.5. The van der Waals surface area contributed by atoms with E-state index < -0.39 is 0 Å². The molecule has 0 bridgehead atoms. The fraction of sp³-hybridized carbons (Fsp3) is 0.400. The number of hydrogen-bond acceptors (Lipinski definition) is 3. The van der Waals surface area contributed by atoms with E-state index in [1.165, 1.54) is 0 Å². The van der Waals surface area contributed by atoms with Crippen LogP contribution in [0.5, 0.6) is 11.5 Å². The molecule has 3 nitrogen and oxygen atoms in total. The lowest BCUT2D eigenvalue weighted by molar-refractivity contribution is 0.174. The Hall–Kier alpha value is -0.930. The van der Waals surface area contributed by atoms with E-state index in [0.29, 0.717) is 17.3 Å². The zero-order valence-electron chi connectivity index (χ0n) is 7.97. The molecule has 14 heavy (non-hydrogen) atoms. The normalized spacial score (nSPS) is 13.4. The highest BCUT2D eigenvalue weighted by atomic mass is 35.5. The van der Waals surface area contributed by atoms with Crippen LogP contribution >= 0.6 is 11.6 Å². The maximum atomic E-state index is 6.18. The molecule has 2 rings (SSSR count). The van der Waals surface area contributed by atoms with Crippen LogP contribution in [0, 0.1) is 6.92 Å². The number of rotatable bonds is 2. The van der Waals surface area contributed by atoms with Gasteiger partial charge in [0.1, 0.15) is 0 Å². The zero-order chi connectivity index (χ0) is 10.1. The summed E-state index contributed by atoms with van der Waals surface area (Å²) in [7, 11) is 0. The number of halogens is 1. The van der Waals surface area contributed by atoms with Gasteiger partial charge >= 0.3 is 0 Å². The Balaban J connectivity index is 2.51. The van der Waals surface area contributed by atoms with Gasteiger partial charge in [0, 0.05) is 0 Å². The van der Waals surface area contributed by atoms with Gasteiger partial charge in [0.15, 0.2) is 11.5 Å². The Bertz CT molecular complexity index is 366. The van der Waals surface area contributed by atoms with E-state index in [9.17, 15) is 0 Å². The molecule has 1 heterocycles. The van der Waals surface area contributed by atoms with Gasteiger partial charge in [0.25, 0.3) is 0 Å². The lowest BCUT2D eigenvalue weighted by Gasteiger charge is -2.09. The molecule has 0 saturated heterocycles. The fourth-order valence-electron chi connectivity index (χ4n) is 1.61. The van der Waals surface area contributed by atoms with E-state index in [4.69, 9.17) is 26.8 Å². The second-order valence-electron chi connectivity index (χ2n) is 3.26. The van der Waals surface area contributed by atoms with Gasteiger partial charge in [0.2, 0.25) is 6.79 Å². The third kappa shape index (κ3) is 1.42. The van der Waals surface area contributed by atoms with Crippen molar-refractivity contribution in [1.82, 2.24) is 0 Å². The first-order valence-corrected chi connectivity index (χ1v) is 4.89. The van der Waals surface area contributed by atoms with Crippen LogP contribution < -0.4 is 15.2 Å². The van der Waals surface area contributed by atoms with E-state index in [0.717, 1.165) is 23.3 Å². The minimum Gasteiger partial charge on any atom is -0.454 e. The average Bonchev–Trinajstić information content (AvgIpc) is 2.60. The van der Waals surface area contributed by atoms with Gasteiger partial charge in [-0.25, -0.2) is 0 Å². The number of nitrogens with two attached hydrogens (primary N) is 1. The zero-order valence-corrected chi connectivity index (χ0v) is 8.73. The number of aryl methyl sites for hydroxylation is 1. The summed E-state index contributed by atoms with van der Waals surface area (Å²) in [6.45, 7) is 2.83. The van der Waals surface area contributed by atoms with Crippen molar-refractivity contribution in [2.75, 3.05) is 13.3 Å². The summed E-state index contributed by atoms with van der Waals surface area (Å²) in [5.41, 5.74) is 7.67. The molecule has 1 aromatic rings. The van der Waals surface area contributed by atoms with E-state index in [1.54, 1.807) is 0 Å². The van der Waals surface area contributed by atoms with Crippen LogP contribution in [0.1, 0.15) is 11.1 Å². The van der Waals surface area contributed by atoms with Gasteiger partial charge in [-0.05, 0) is 37.1 Å². The van der Waals surface area contributed by atoms with Gasteiger partial charge < -0.3 is 15.2 Å². The third-order valence-corrected chi connectivity index (χ3v) is 2.72. The SMILES string of the molecule is Cc1cc2c(c(Cl)c1CCN)OCO2. The molecule has 0 spiro atoms. The summed E-state index contributed by atoms with van der Waals surface area (Å²) in [5.74, 6) is 1.38. The van der Waals surface area contributed by atoms with Crippen LogP contribution in [0.4, 0.5) is 0 Å². The summed E-state index contributed by atoms with van der Waals surface area (Å²) in [6, 6.07) is 1.94. The average molecular weight is 214 g/mol. The quantitative estimate of drug-likeness (QED) is 0.816. The molecule has 1 aliphatic rings. The Kier molecular flexibility index (Phi) is 2.52. The Morgan fingerprint density at radius 3 is 3.00 bits per heavy atom. The van der Waals surface area contributed by atoms with E-state index in [2.05, 4.69) is 0 Å². The maximum Gasteiger partial charge on any atom is 0.231 e. The molecule has 0 radical (unpaired) electrons. The second-order valence-corrected chi connectivity index (χ2v) is 3.64. The predicted molar refractivity (Wildman–Crippen MR) is 55.1 cm³/mol. The van der Waals surface area contributed by atoms with Crippen LogP contribution in [0.15, 0.2) is 6.07 Å². The minimum absolute atomic E-state index is 0.251. The standard InChI is InChI=1S/C10H12ClNO2/c1-6-4-8-10(14-5-13-8)9(11)7(6)2-3-12/h4H,2-3,5,12H2,1H3. The van der Waals surface area contributed by atoms with Crippen molar-refractivity contribution in [2.45, 2.75) is 13.3 Å². The molecular weight excluding hydrogens is 202 g/mol. The van der Waals surface area contributed by atoms with E-state index in [1.807, 2.05) is 13.0 Å². The molecule has 1 aromatic carbocycles. The predicted octanol–water partition coefficient (Wildman–Crippen LogP) is 1.88. The molecular formula is C10H12ClNO2. The van der Waals surface area contributed by atoms with Crippen molar-refractivity contribution in [1.29, 1.82) is 0 Å². The number of hydrogen-bond donors (Lipinski definition) is 1. The largest absolute Gasteiger partial charge is 0.454 e. The summed E-state index contributed by atoms with van der Waals surface area (Å²) in [4.78, 5) is 0. The smallest absolute Gasteiger partial charge is 0.231 e. The van der Waals surface area contributed by atoms with Crippen LogP contribution in [0.25, 0.3) is 0 Å². The molecule has 4 heteroatoms. The van der Waals surface area contributed by atoms with Crippen molar-refractivity contribution >= 4 is 11.6 Å².